The van der Waals surface area contributed by atoms with Gasteiger partial charge in [0.1, 0.15) is 0 Å². The molecule has 0 heteroatoms. The zero-order chi connectivity index (χ0) is 27.6. The van der Waals surface area contributed by atoms with Gasteiger partial charge >= 0.3 is 0 Å². The normalized spacial score (nSPS) is 11.8. The van der Waals surface area contributed by atoms with Crippen molar-refractivity contribution in [2.24, 2.45) is 0 Å². The van der Waals surface area contributed by atoms with E-state index in [1.54, 1.807) is 0 Å². The predicted octanol–water partition coefficient (Wildman–Crippen LogP) is 11.8. The first kappa shape index (κ1) is 23.3. The van der Waals surface area contributed by atoms with E-state index in [9.17, 15) is 0 Å². The van der Waals surface area contributed by atoms with E-state index < -0.39 is 0 Å². The Morgan fingerprint density at radius 3 is 1.33 bits per heavy atom. The molecule has 0 unspecified atom stereocenters. The van der Waals surface area contributed by atoms with Crippen LogP contribution in [-0.4, -0.2) is 0 Å². The summed E-state index contributed by atoms with van der Waals surface area (Å²) in [6.07, 6.45) is 0. The molecule has 0 bridgehead atoms. The van der Waals surface area contributed by atoms with Crippen molar-refractivity contribution < 1.29 is 0 Å². The van der Waals surface area contributed by atoms with Crippen LogP contribution >= 0.6 is 0 Å². The van der Waals surface area contributed by atoms with Crippen molar-refractivity contribution in [3.8, 4) is 55.6 Å². The standard InChI is InChI=1S/C42H26/c1-3-10-29-22-31(18-16-27(29)8-1)33-24-34(32-19-17-28-9-2-4-11-30(28)23-32)26-35(25-33)36-20-21-41-38-13-6-5-12-37(38)40-15-7-14-39(36)42(40)41/h1-26H. The van der Waals surface area contributed by atoms with Gasteiger partial charge in [0, 0.05) is 0 Å². The molecule has 1 aliphatic rings. The molecule has 0 N–H and O–H groups in total. The number of hydrogen-bond acceptors (Lipinski definition) is 0. The monoisotopic (exact) mass is 530 g/mol. The molecule has 1 aliphatic carbocycles. The second kappa shape index (κ2) is 9.03. The molecule has 0 heterocycles. The molecule has 8 aromatic carbocycles. The molecule has 0 fully saturated rings. The van der Waals surface area contributed by atoms with Gasteiger partial charge in [-0.1, -0.05) is 127 Å². The van der Waals surface area contributed by atoms with Gasteiger partial charge in [0.25, 0.3) is 0 Å². The third-order valence-corrected chi connectivity index (χ3v) is 8.96. The fourth-order valence-electron chi connectivity index (χ4n) is 6.91. The summed E-state index contributed by atoms with van der Waals surface area (Å²) in [5.41, 5.74) is 12.8. The van der Waals surface area contributed by atoms with Crippen LogP contribution in [0.4, 0.5) is 0 Å². The second-order valence-electron chi connectivity index (χ2n) is 11.4. The maximum atomic E-state index is 2.38. The number of rotatable bonds is 3. The molecular formula is C42H26. The fraction of sp³-hybridized carbons (Fsp3) is 0. The molecule has 194 valence electrons. The number of benzene rings is 8. The van der Waals surface area contributed by atoms with E-state index in [-0.39, 0.29) is 0 Å². The molecule has 0 radical (unpaired) electrons. The van der Waals surface area contributed by atoms with Gasteiger partial charge in [-0.15, -0.1) is 0 Å². The quantitative estimate of drug-likeness (QED) is 0.213. The maximum absolute atomic E-state index is 2.38. The van der Waals surface area contributed by atoms with Crippen molar-refractivity contribution in [2.45, 2.75) is 0 Å². The second-order valence-corrected chi connectivity index (χ2v) is 11.4. The highest BCUT2D eigenvalue weighted by molar-refractivity contribution is 6.18. The molecule has 0 saturated carbocycles. The molecule has 42 heavy (non-hydrogen) atoms. The van der Waals surface area contributed by atoms with E-state index in [4.69, 9.17) is 0 Å². The molecule has 0 aromatic heterocycles. The van der Waals surface area contributed by atoms with Crippen molar-refractivity contribution >= 4 is 32.3 Å². The van der Waals surface area contributed by atoms with Gasteiger partial charge in [0.05, 0.1) is 0 Å². The zero-order valence-electron chi connectivity index (χ0n) is 23.0. The van der Waals surface area contributed by atoms with E-state index >= 15 is 0 Å². The summed E-state index contributed by atoms with van der Waals surface area (Å²) < 4.78 is 0. The van der Waals surface area contributed by atoms with Crippen LogP contribution in [0.3, 0.4) is 0 Å². The average Bonchev–Trinajstić information content (AvgIpc) is 3.39. The van der Waals surface area contributed by atoms with E-state index in [1.165, 1.54) is 88.0 Å². The van der Waals surface area contributed by atoms with E-state index in [0.717, 1.165) is 0 Å². The predicted molar refractivity (Wildman–Crippen MR) is 180 cm³/mol. The molecule has 0 atom stereocenters. The van der Waals surface area contributed by atoms with Crippen molar-refractivity contribution in [3.63, 3.8) is 0 Å². The van der Waals surface area contributed by atoms with Crippen molar-refractivity contribution in [1.29, 1.82) is 0 Å². The summed E-state index contributed by atoms with van der Waals surface area (Å²) in [7, 11) is 0. The highest BCUT2D eigenvalue weighted by Crippen LogP contribution is 2.49. The van der Waals surface area contributed by atoms with Gasteiger partial charge in [-0.25, -0.2) is 0 Å². The van der Waals surface area contributed by atoms with Crippen molar-refractivity contribution in [1.82, 2.24) is 0 Å². The minimum absolute atomic E-state index is 1.23. The van der Waals surface area contributed by atoms with Crippen LogP contribution in [0.15, 0.2) is 158 Å². The molecule has 0 saturated heterocycles. The molecule has 0 nitrogen and oxygen atoms in total. The Balaban J connectivity index is 1.30. The van der Waals surface area contributed by atoms with E-state index in [2.05, 4.69) is 158 Å². The highest BCUT2D eigenvalue weighted by Gasteiger charge is 2.22. The summed E-state index contributed by atoms with van der Waals surface area (Å²) in [4.78, 5) is 0. The lowest BCUT2D eigenvalue weighted by molar-refractivity contribution is 1.60. The SMILES string of the molecule is c1ccc2c(c1)-c1cccc3c(-c4cc(-c5ccc6ccccc6c5)cc(-c5ccc6ccccc6c5)c4)ccc-2c13. The Labute approximate surface area is 245 Å². The maximum Gasteiger partial charge on any atom is -0.00201 e. The fourth-order valence-corrected chi connectivity index (χ4v) is 6.91. The largest absolute Gasteiger partial charge is 0.0616 e. The first-order valence-electron chi connectivity index (χ1n) is 14.6. The Morgan fingerprint density at radius 2 is 0.714 bits per heavy atom. The summed E-state index contributed by atoms with van der Waals surface area (Å²) >= 11 is 0. The zero-order valence-corrected chi connectivity index (χ0v) is 23.0. The van der Waals surface area contributed by atoms with Gasteiger partial charge in [-0.05, 0) is 118 Å². The summed E-state index contributed by atoms with van der Waals surface area (Å²) in [5, 5.41) is 7.71. The van der Waals surface area contributed by atoms with Gasteiger partial charge in [-0.3, -0.25) is 0 Å². The van der Waals surface area contributed by atoms with E-state index in [1.807, 2.05) is 0 Å². The molecule has 8 aromatic rings. The average molecular weight is 531 g/mol. The molecule has 0 amide bonds. The first-order valence-corrected chi connectivity index (χ1v) is 14.6. The topological polar surface area (TPSA) is 0 Å². The van der Waals surface area contributed by atoms with Crippen LogP contribution in [0.5, 0.6) is 0 Å². The van der Waals surface area contributed by atoms with Crippen molar-refractivity contribution in [2.75, 3.05) is 0 Å². The Bertz CT molecular complexity index is 2230. The Morgan fingerprint density at radius 1 is 0.238 bits per heavy atom. The minimum atomic E-state index is 1.23. The smallest absolute Gasteiger partial charge is 0.00201 e. The Kier molecular flexibility index (Phi) is 5.00. The highest BCUT2D eigenvalue weighted by atomic mass is 14.3. The number of hydrogen-bond donors (Lipinski definition) is 0. The van der Waals surface area contributed by atoms with Crippen LogP contribution in [-0.2, 0) is 0 Å². The summed E-state index contributed by atoms with van der Waals surface area (Å²) in [5.74, 6) is 0. The summed E-state index contributed by atoms with van der Waals surface area (Å²) in [6, 6.07) is 58.2. The molecular weight excluding hydrogens is 504 g/mol. The van der Waals surface area contributed by atoms with Crippen LogP contribution in [0.2, 0.25) is 0 Å². The van der Waals surface area contributed by atoms with E-state index in [0.29, 0.717) is 0 Å². The van der Waals surface area contributed by atoms with Gasteiger partial charge in [-0.2, -0.15) is 0 Å². The van der Waals surface area contributed by atoms with Gasteiger partial charge in [0.2, 0.25) is 0 Å². The van der Waals surface area contributed by atoms with Crippen LogP contribution in [0, 0.1) is 0 Å². The lowest BCUT2D eigenvalue weighted by atomic mass is 9.89. The molecule has 0 spiro atoms. The third-order valence-electron chi connectivity index (χ3n) is 8.96. The van der Waals surface area contributed by atoms with Crippen LogP contribution < -0.4 is 0 Å². The van der Waals surface area contributed by atoms with Crippen LogP contribution in [0.1, 0.15) is 0 Å². The molecule has 9 rings (SSSR count). The summed E-state index contributed by atoms with van der Waals surface area (Å²) in [6.45, 7) is 0. The minimum Gasteiger partial charge on any atom is -0.0616 e. The molecule has 0 aliphatic heterocycles. The van der Waals surface area contributed by atoms with Crippen LogP contribution in [0.25, 0.3) is 88.0 Å². The lowest BCUT2D eigenvalue weighted by Gasteiger charge is -2.15. The number of fused-ring (bicyclic) bond motifs is 5. The third kappa shape index (κ3) is 3.56. The van der Waals surface area contributed by atoms with Crippen molar-refractivity contribution in [3.05, 3.63) is 158 Å². The Hall–Kier alpha value is -5.46. The van der Waals surface area contributed by atoms with Gasteiger partial charge in [0.15, 0.2) is 0 Å². The first-order chi connectivity index (χ1) is 20.8. The van der Waals surface area contributed by atoms with Gasteiger partial charge < -0.3 is 0 Å². The lowest BCUT2D eigenvalue weighted by Crippen LogP contribution is -1.89.